The lowest BCUT2D eigenvalue weighted by Crippen LogP contribution is -2.45. The highest BCUT2D eigenvalue weighted by Crippen LogP contribution is 2.16. The molecule has 1 N–H and O–H groups in total. The Hall–Kier alpha value is -3.00. The van der Waals surface area contributed by atoms with Crippen LogP contribution in [0.1, 0.15) is 24.1 Å². The second kappa shape index (κ2) is 8.13. The zero-order valence-corrected chi connectivity index (χ0v) is 15.0. The molecule has 4 rings (SSSR count). The monoisotopic (exact) mass is 366 g/mol. The summed E-state index contributed by atoms with van der Waals surface area (Å²) < 4.78 is 7.87. The number of hydrogen-bond acceptors (Lipinski definition) is 5. The zero-order valence-electron chi connectivity index (χ0n) is 15.0. The summed E-state index contributed by atoms with van der Waals surface area (Å²) >= 11 is 0. The number of carbonyl (C=O) groups is 1. The van der Waals surface area contributed by atoms with E-state index in [4.69, 9.17) is 4.74 Å². The summed E-state index contributed by atoms with van der Waals surface area (Å²) in [5.41, 5.74) is 2.77. The van der Waals surface area contributed by atoms with Gasteiger partial charge in [0.05, 0.1) is 37.3 Å². The van der Waals surface area contributed by atoms with Gasteiger partial charge in [-0.2, -0.15) is 0 Å². The van der Waals surface area contributed by atoms with Gasteiger partial charge in [0.25, 0.3) is 0 Å². The normalized spacial score (nSPS) is 15.2. The van der Waals surface area contributed by atoms with Crippen molar-refractivity contribution in [1.82, 2.24) is 29.6 Å². The van der Waals surface area contributed by atoms with Crippen molar-refractivity contribution in [3.05, 3.63) is 60.6 Å². The Morgan fingerprint density at radius 1 is 1.19 bits per heavy atom. The molecule has 0 aromatic carbocycles. The maximum Gasteiger partial charge on any atom is 0.317 e. The van der Waals surface area contributed by atoms with Crippen LogP contribution in [0.15, 0.2) is 49.3 Å². The van der Waals surface area contributed by atoms with Gasteiger partial charge in [-0.15, -0.1) is 0 Å². The maximum absolute atomic E-state index is 12.4. The van der Waals surface area contributed by atoms with E-state index >= 15 is 0 Å². The molecule has 0 atom stereocenters. The summed E-state index contributed by atoms with van der Waals surface area (Å²) in [6.07, 6.45) is 12.4. The maximum atomic E-state index is 12.4. The molecule has 0 saturated carbocycles. The average Bonchev–Trinajstić information content (AvgIpc) is 3.15. The van der Waals surface area contributed by atoms with Crippen LogP contribution < -0.4 is 5.32 Å². The molecule has 0 unspecified atom stereocenters. The van der Waals surface area contributed by atoms with Gasteiger partial charge in [-0.1, -0.05) is 6.07 Å². The van der Waals surface area contributed by atoms with E-state index in [1.807, 2.05) is 33.8 Å². The molecule has 8 nitrogen and oxygen atoms in total. The van der Waals surface area contributed by atoms with E-state index < -0.39 is 0 Å². The third kappa shape index (κ3) is 4.22. The Morgan fingerprint density at radius 2 is 2.04 bits per heavy atom. The Balaban J connectivity index is 1.23. The number of urea groups is 1. The van der Waals surface area contributed by atoms with Gasteiger partial charge in [-0.05, 0) is 24.5 Å². The van der Waals surface area contributed by atoms with Gasteiger partial charge in [0.15, 0.2) is 5.65 Å². The molecule has 8 heteroatoms. The fourth-order valence-corrected chi connectivity index (χ4v) is 3.23. The minimum atomic E-state index is -0.0512. The average molecular weight is 366 g/mol. The Morgan fingerprint density at radius 3 is 2.85 bits per heavy atom. The van der Waals surface area contributed by atoms with Crippen molar-refractivity contribution in [3.8, 4) is 0 Å². The van der Waals surface area contributed by atoms with Crippen LogP contribution in [-0.4, -0.2) is 49.5 Å². The molecule has 1 fully saturated rings. The highest BCUT2D eigenvalue weighted by Gasteiger charge is 2.23. The van der Waals surface area contributed by atoms with Crippen molar-refractivity contribution in [2.45, 2.75) is 32.1 Å². The first-order chi connectivity index (χ1) is 13.3. The third-order valence-corrected chi connectivity index (χ3v) is 4.75. The molecule has 1 saturated heterocycles. The number of nitrogens with one attached hydrogen (secondary N) is 1. The van der Waals surface area contributed by atoms with Crippen molar-refractivity contribution >= 4 is 11.7 Å². The summed E-state index contributed by atoms with van der Waals surface area (Å²) in [6.45, 7) is 2.39. The molecule has 1 aliphatic heterocycles. The number of imidazole rings is 1. The molecule has 27 heavy (non-hydrogen) atoms. The Bertz CT molecular complexity index is 889. The van der Waals surface area contributed by atoms with Crippen molar-refractivity contribution in [2.75, 3.05) is 13.1 Å². The van der Waals surface area contributed by atoms with E-state index in [9.17, 15) is 4.79 Å². The number of pyridine rings is 1. The number of amides is 2. The molecule has 0 aliphatic carbocycles. The molecule has 0 spiro atoms. The van der Waals surface area contributed by atoms with Crippen molar-refractivity contribution in [1.29, 1.82) is 0 Å². The molecular formula is C19H22N6O2. The number of likely N-dealkylation sites (tertiary alicyclic amines) is 1. The summed E-state index contributed by atoms with van der Waals surface area (Å²) in [4.78, 5) is 26.7. The van der Waals surface area contributed by atoms with Crippen LogP contribution in [0.2, 0.25) is 0 Å². The minimum Gasteiger partial charge on any atom is -0.373 e. The van der Waals surface area contributed by atoms with Crippen molar-refractivity contribution in [3.63, 3.8) is 0 Å². The molecule has 1 aliphatic rings. The number of piperidine rings is 1. The molecular weight excluding hydrogens is 344 g/mol. The van der Waals surface area contributed by atoms with E-state index in [1.165, 1.54) is 0 Å². The van der Waals surface area contributed by atoms with Crippen molar-refractivity contribution in [2.24, 2.45) is 0 Å². The summed E-state index contributed by atoms with van der Waals surface area (Å²) in [6, 6.07) is 3.86. The zero-order chi connectivity index (χ0) is 18.5. The number of hydrogen-bond donors (Lipinski definition) is 1. The van der Waals surface area contributed by atoms with Gasteiger partial charge < -0.3 is 15.0 Å². The fraction of sp³-hybridized carbons (Fsp3) is 0.368. The van der Waals surface area contributed by atoms with Gasteiger partial charge in [0, 0.05) is 37.9 Å². The van der Waals surface area contributed by atoms with E-state index in [2.05, 4.69) is 20.3 Å². The largest absolute Gasteiger partial charge is 0.373 e. The number of ether oxygens (including phenoxy) is 1. The van der Waals surface area contributed by atoms with Crippen LogP contribution in [0.3, 0.4) is 0 Å². The van der Waals surface area contributed by atoms with Crippen LogP contribution in [0, 0.1) is 0 Å². The molecule has 0 radical (unpaired) electrons. The summed E-state index contributed by atoms with van der Waals surface area (Å²) in [5, 5.41) is 2.98. The number of nitrogens with zero attached hydrogens (tertiary/aromatic N) is 5. The lowest BCUT2D eigenvalue weighted by Gasteiger charge is -2.32. The first kappa shape index (κ1) is 17.4. The van der Waals surface area contributed by atoms with E-state index in [0.29, 0.717) is 26.2 Å². The summed E-state index contributed by atoms with van der Waals surface area (Å²) in [7, 11) is 0. The molecule has 3 aromatic heterocycles. The van der Waals surface area contributed by atoms with Gasteiger partial charge in [0.1, 0.15) is 0 Å². The van der Waals surface area contributed by atoms with E-state index in [1.54, 1.807) is 24.8 Å². The number of rotatable bonds is 5. The van der Waals surface area contributed by atoms with Crippen LogP contribution in [0.4, 0.5) is 4.79 Å². The van der Waals surface area contributed by atoms with Gasteiger partial charge >= 0.3 is 6.03 Å². The van der Waals surface area contributed by atoms with Crippen molar-refractivity contribution < 1.29 is 9.53 Å². The van der Waals surface area contributed by atoms with Gasteiger partial charge in [0.2, 0.25) is 0 Å². The van der Waals surface area contributed by atoms with Crippen LogP contribution in [0.25, 0.3) is 5.65 Å². The molecule has 4 heterocycles. The fourth-order valence-electron chi connectivity index (χ4n) is 3.23. The van der Waals surface area contributed by atoms with Crippen LogP contribution >= 0.6 is 0 Å². The third-order valence-electron chi connectivity index (χ3n) is 4.75. The molecule has 140 valence electrons. The number of fused-ring (bicyclic) bond motifs is 1. The molecule has 2 amide bonds. The first-order valence-corrected chi connectivity index (χ1v) is 9.09. The first-order valence-electron chi connectivity index (χ1n) is 9.09. The predicted molar refractivity (Wildman–Crippen MR) is 98.8 cm³/mol. The van der Waals surface area contributed by atoms with E-state index in [0.717, 1.165) is 29.7 Å². The predicted octanol–water partition coefficient (Wildman–Crippen LogP) is 2.02. The quantitative estimate of drug-likeness (QED) is 0.747. The Labute approximate surface area is 157 Å². The van der Waals surface area contributed by atoms with Crippen LogP contribution in [0.5, 0.6) is 0 Å². The van der Waals surface area contributed by atoms with E-state index in [-0.39, 0.29) is 12.1 Å². The second-order valence-electron chi connectivity index (χ2n) is 6.57. The smallest absolute Gasteiger partial charge is 0.317 e. The lowest BCUT2D eigenvalue weighted by atomic mass is 10.1. The molecule has 0 bridgehead atoms. The topological polar surface area (TPSA) is 84.7 Å². The lowest BCUT2D eigenvalue weighted by molar-refractivity contribution is 0.00433. The summed E-state index contributed by atoms with van der Waals surface area (Å²) in [5.74, 6) is 0. The second-order valence-corrected chi connectivity index (χ2v) is 6.57. The minimum absolute atomic E-state index is 0.0512. The Kier molecular flexibility index (Phi) is 5.24. The number of carbonyl (C=O) groups excluding carboxylic acids is 1. The van der Waals surface area contributed by atoms with Crippen LogP contribution in [-0.2, 0) is 17.9 Å². The standard InChI is InChI=1S/C19H22N6O2/c26-19(23-12-16-11-22-18-13-21-6-9-25(16)18)24-7-3-17(4-8-24)27-14-15-2-1-5-20-10-15/h1-2,5-6,9-11,13,17H,3-4,7-8,12,14H2,(H,23,26). The molecule has 3 aromatic rings. The van der Waals surface area contributed by atoms with Gasteiger partial charge in [-0.3, -0.25) is 14.4 Å². The highest BCUT2D eigenvalue weighted by molar-refractivity contribution is 5.74. The highest BCUT2D eigenvalue weighted by atomic mass is 16.5. The SMILES string of the molecule is O=C(NCc1cnc2cnccn12)N1CCC(OCc2cccnc2)CC1. The van der Waals surface area contributed by atoms with Gasteiger partial charge in [-0.25, -0.2) is 9.78 Å². The number of aromatic nitrogens is 4.